The van der Waals surface area contributed by atoms with Gasteiger partial charge in [-0.15, -0.1) is 11.8 Å². The number of nitrogens with one attached hydrogen (secondary N) is 1. The van der Waals surface area contributed by atoms with Crippen LogP contribution in [0.15, 0.2) is 83.8 Å². The molecule has 0 aliphatic carbocycles. The zero-order valence-corrected chi connectivity index (χ0v) is 20.8. The molecule has 1 saturated heterocycles. The summed E-state index contributed by atoms with van der Waals surface area (Å²) in [7, 11) is 0. The first-order valence-electron chi connectivity index (χ1n) is 11.8. The summed E-state index contributed by atoms with van der Waals surface area (Å²) in [6.07, 6.45) is 1.84. The third-order valence-electron chi connectivity index (χ3n) is 5.97. The molecule has 8 heteroatoms. The van der Waals surface area contributed by atoms with Crippen molar-refractivity contribution < 1.29 is 23.9 Å². The van der Waals surface area contributed by atoms with Gasteiger partial charge in [0.1, 0.15) is 6.10 Å². The van der Waals surface area contributed by atoms with E-state index in [0.717, 1.165) is 30.8 Å². The summed E-state index contributed by atoms with van der Waals surface area (Å²) in [6, 6.07) is 25.1. The van der Waals surface area contributed by atoms with E-state index in [1.807, 2.05) is 48.7 Å². The molecule has 4 rings (SSSR count). The van der Waals surface area contributed by atoms with Gasteiger partial charge in [0.2, 0.25) is 0 Å². The van der Waals surface area contributed by atoms with Crippen LogP contribution in [0.1, 0.15) is 18.4 Å². The number of carbonyl (C=O) groups excluding carboxylic acids is 3. The Labute approximate surface area is 214 Å². The number of esters is 2. The lowest BCUT2D eigenvalue weighted by Gasteiger charge is -2.31. The summed E-state index contributed by atoms with van der Waals surface area (Å²) < 4.78 is 10.00. The number of benzene rings is 3. The molecule has 0 unspecified atom stereocenters. The predicted octanol–water partition coefficient (Wildman–Crippen LogP) is 5.36. The van der Waals surface area contributed by atoms with Gasteiger partial charge in [-0.1, -0.05) is 60.7 Å². The third-order valence-corrected chi connectivity index (χ3v) is 6.72. The lowest BCUT2D eigenvalue weighted by Crippen LogP contribution is -2.39. The molecule has 186 valence electrons. The molecule has 1 aliphatic rings. The van der Waals surface area contributed by atoms with E-state index in [4.69, 9.17) is 9.47 Å². The molecule has 1 N–H and O–H groups in total. The van der Waals surface area contributed by atoms with Crippen LogP contribution >= 0.6 is 11.8 Å². The average Bonchev–Trinajstić information content (AvgIpc) is 2.91. The summed E-state index contributed by atoms with van der Waals surface area (Å²) in [5.41, 5.74) is 3.34. The van der Waals surface area contributed by atoms with Crippen LogP contribution in [0.25, 0.3) is 11.1 Å². The number of likely N-dealkylation sites (tertiary alicyclic amines) is 1. The lowest BCUT2D eigenvalue weighted by molar-refractivity contribution is -0.168. The minimum atomic E-state index is -1.33. The number of rotatable bonds is 6. The van der Waals surface area contributed by atoms with Crippen molar-refractivity contribution in [2.24, 2.45) is 0 Å². The van der Waals surface area contributed by atoms with Crippen LogP contribution in [0, 0.1) is 0 Å². The topological polar surface area (TPSA) is 84.9 Å². The Bertz CT molecular complexity index is 1190. The highest BCUT2D eigenvalue weighted by atomic mass is 32.2. The number of hydrogen-bond acceptors (Lipinski definition) is 7. The summed E-state index contributed by atoms with van der Waals surface area (Å²) in [6.45, 7) is 2.31. The summed E-state index contributed by atoms with van der Waals surface area (Å²) in [5, 5.41) is 2.54. The number of nitrogens with zero attached hydrogens (tertiary/aromatic N) is 1. The molecular formula is C28H28N2O5S. The monoisotopic (exact) mass is 504 g/mol. The second-order valence-electron chi connectivity index (χ2n) is 8.44. The maximum Gasteiger partial charge on any atom is 0.426 e. The maximum atomic E-state index is 12.3. The van der Waals surface area contributed by atoms with Crippen molar-refractivity contribution in [1.82, 2.24) is 4.90 Å². The van der Waals surface area contributed by atoms with Crippen molar-refractivity contribution in [3.63, 3.8) is 0 Å². The number of anilines is 1. The second kappa shape index (κ2) is 12.4. The average molecular weight is 505 g/mol. The van der Waals surface area contributed by atoms with Gasteiger partial charge in [-0.05, 0) is 48.4 Å². The highest BCUT2D eigenvalue weighted by molar-refractivity contribution is 7.98. The third kappa shape index (κ3) is 6.96. The number of amides is 1. The molecule has 1 heterocycles. The Morgan fingerprint density at radius 3 is 2.25 bits per heavy atom. The molecular weight excluding hydrogens is 476 g/mol. The normalized spacial score (nSPS) is 14.1. The zero-order valence-electron chi connectivity index (χ0n) is 20.0. The quantitative estimate of drug-likeness (QED) is 0.209. The minimum Gasteiger partial charge on any atom is -0.454 e. The SMILES string of the molecule is CSc1ccc(CN2CCC(OC(=O)C(=O)OC(=O)Nc3ccccc3-c3ccccc3)CC2)cc1. The van der Waals surface area contributed by atoms with E-state index in [0.29, 0.717) is 18.5 Å². The Morgan fingerprint density at radius 1 is 0.889 bits per heavy atom. The van der Waals surface area contributed by atoms with E-state index in [9.17, 15) is 14.4 Å². The summed E-state index contributed by atoms with van der Waals surface area (Å²) in [4.78, 5) is 40.2. The smallest absolute Gasteiger partial charge is 0.426 e. The van der Waals surface area contributed by atoms with Crippen molar-refractivity contribution in [2.75, 3.05) is 24.7 Å². The predicted molar refractivity (Wildman–Crippen MR) is 140 cm³/mol. The van der Waals surface area contributed by atoms with Crippen LogP contribution in [-0.4, -0.2) is 48.4 Å². The van der Waals surface area contributed by atoms with Crippen molar-refractivity contribution in [3.05, 3.63) is 84.4 Å². The fourth-order valence-corrected chi connectivity index (χ4v) is 4.51. The van der Waals surface area contributed by atoms with E-state index in [-0.39, 0.29) is 6.10 Å². The molecule has 0 atom stereocenters. The summed E-state index contributed by atoms with van der Waals surface area (Å²) >= 11 is 1.71. The zero-order chi connectivity index (χ0) is 25.3. The number of ether oxygens (including phenoxy) is 2. The second-order valence-corrected chi connectivity index (χ2v) is 9.32. The van der Waals surface area contributed by atoms with Crippen LogP contribution in [-0.2, 0) is 25.6 Å². The molecule has 0 spiro atoms. The van der Waals surface area contributed by atoms with Gasteiger partial charge in [-0.3, -0.25) is 10.2 Å². The van der Waals surface area contributed by atoms with Crippen molar-refractivity contribution in [1.29, 1.82) is 0 Å². The van der Waals surface area contributed by atoms with E-state index in [1.165, 1.54) is 10.5 Å². The van der Waals surface area contributed by atoms with Gasteiger partial charge in [0.05, 0.1) is 5.69 Å². The Morgan fingerprint density at radius 2 is 1.56 bits per heavy atom. The van der Waals surface area contributed by atoms with Crippen molar-refractivity contribution in [3.8, 4) is 11.1 Å². The largest absolute Gasteiger partial charge is 0.454 e. The van der Waals surface area contributed by atoms with Crippen molar-refractivity contribution in [2.45, 2.75) is 30.4 Å². The Hall–Kier alpha value is -3.62. The van der Waals surface area contributed by atoms with Gasteiger partial charge < -0.3 is 9.47 Å². The minimum absolute atomic E-state index is 0.387. The lowest BCUT2D eigenvalue weighted by atomic mass is 10.0. The molecule has 36 heavy (non-hydrogen) atoms. The van der Waals surface area contributed by atoms with Crippen LogP contribution in [0.3, 0.4) is 0 Å². The molecule has 1 fully saturated rings. The molecule has 0 saturated carbocycles. The van der Waals surface area contributed by atoms with Crippen LogP contribution in [0.5, 0.6) is 0 Å². The van der Waals surface area contributed by atoms with Gasteiger partial charge in [-0.2, -0.15) is 0 Å². The van der Waals surface area contributed by atoms with E-state index < -0.39 is 18.0 Å². The molecule has 1 aliphatic heterocycles. The van der Waals surface area contributed by atoms with Gasteiger partial charge >= 0.3 is 18.0 Å². The van der Waals surface area contributed by atoms with Gasteiger partial charge in [0.25, 0.3) is 0 Å². The first-order chi connectivity index (χ1) is 17.5. The molecule has 0 aromatic heterocycles. The molecule has 0 bridgehead atoms. The highest BCUT2D eigenvalue weighted by Gasteiger charge is 2.28. The number of thioether (sulfide) groups is 1. The molecule has 3 aromatic carbocycles. The molecule has 0 radical (unpaired) electrons. The maximum absolute atomic E-state index is 12.3. The van der Waals surface area contributed by atoms with E-state index >= 15 is 0 Å². The fourth-order valence-electron chi connectivity index (χ4n) is 4.10. The molecule has 7 nitrogen and oxygen atoms in total. The van der Waals surface area contributed by atoms with Gasteiger partial charge in [-0.25, -0.2) is 14.4 Å². The molecule has 1 amide bonds. The first kappa shape index (κ1) is 25.5. The number of para-hydroxylation sites is 1. The Kier molecular flexibility index (Phi) is 8.76. The summed E-state index contributed by atoms with van der Waals surface area (Å²) in [5.74, 6) is -2.49. The fraction of sp³-hybridized carbons (Fsp3) is 0.250. The van der Waals surface area contributed by atoms with Crippen LogP contribution in [0.4, 0.5) is 10.5 Å². The standard InChI is InChI=1S/C28H28N2O5S/c1-36-23-13-11-20(12-14-23)19-30-17-15-22(16-18-30)34-26(31)27(32)35-28(33)29-25-10-6-5-9-24(25)21-7-3-2-4-8-21/h2-14,22H,15-19H2,1H3,(H,29,33). The van der Waals surface area contributed by atoms with Crippen molar-refractivity contribution >= 4 is 35.5 Å². The van der Waals surface area contributed by atoms with E-state index in [1.54, 1.807) is 23.9 Å². The molecule has 3 aromatic rings. The van der Waals surface area contributed by atoms with Gasteiger partial charge in [0.15, 0.2) is 0 Å². The Balaban J connectivity index is 1.23. The number of hydrogen-bond donors (Lipinski definition) is 1. The highest BCUT2D eigenvalue weighted by Crippen LogP contribution is 2.27. The van der Waals surface area contributed by atoms with Crippen LogP contribution in [0.2, 0.25) is 0 Å². The van der Waals surface area contributed by atoms with Gasteiger partial charge in [0, 0.05) is 30.1 Å². The van der Waals surface area contributed by atoms with Crippen LogP contribution < -0.4 is 5.32 Å². The first-order valence-corrected chi connectivity index (χ1v) is 13.0. The number of carbonyl (C=O) groups is 3. The van der Waals surface area contributed by atoms with E-state index in [2.05, 4.69) is 34.5 Å². The number of piperidine rings is 1.